The minimum absolute atomic E-state index is 0.0159. The van der Waals surface area contributed by atoms with Gasteiger partial charge < -0.3 is 10.1 Å². The van der Waals surface area contributed by atoms with Crippen LogP contribution in [0.25, 0.3) is 5.69 Å². The Morgan fingerprint density at radius 1 is 1.29 bits per heavy atom. The Morgan fingerprint density at radius 2 is 2.00 bits per heavy atom. The Labute approximate surface area is 143 Å². The SMILES string of the molecule is COc1ccc(-n2nnnc2SCC(=O)NC(=O)NC(C)C)cc1. The molecule has 1 aromatic carbocycles. The van der Waals surface area contributed by atoms with E-state index >= 15 is 0 Å². The molecule has 2 aromatic rings. The van der Waals surface area contributed by atoms with Crippen LogP contribution in [0.15, 0.2) is 29.4 Å². The minimum Gasteiger partial charge on any atom is -0.497 e. The van der Waals surface area contributed by atoms with Gasteiger partial charge in [-0.05, 0) is 48.5 Å². The van der Waals surface area contributed by atoms with Gasteiger partial charge in [-0.2, -0.15) is 4.68 Å². The molecule has 1 heterocycles. The van der Waals surface area contributed by atoms with Crippen LogP contribution in [0.3, 0.4) is 0 Å². The number of nitrogens with zero attached hydrogens (tertiary/aromatic N) is 4. The number of aromatic nitrogens is 4. The summed E-state index contributed by atoms with van der Waals surface area (Å²) in [5.74, 6) is 0.307. The minimum atomic E-state index is -0.523. The smallest absolute Gasteiger partial charge is 0.321 e. The number of amides is 3. The summed E-state index contributed by atoms with van der Waals surface area (Å²) in [6.07, 6.45) is 0. The first kappa shape index (κ1) is 17.7. The molecule has 24 heavy (non-hydrogen) atoms. The Kier molecular flexibility index (Phi) is 6.13. The summed E-state index contributed by atoms with van der Waals surface area (Å²) in [4.78, 5) is 23.2. The molecule has 0 unspecified atom stereocenters. The van der Waals surface area contributed by atoms with Gasteiger partial charge in [-0.3, -0.25) is 10.1 Å². The van der Waals surface area contributed by atoms with Crippen LogP contribution in [0.5, 0.6) is 5.75 Å². The Bertz CT molecular complexity index is 701. The van der Waals surface area contributed by atoms with E-state index < -0.39 is 11.9 Å². The largest absolute Gasteiger partial charge is 0.497 e. The zero-order valence-electron chi connectivity index (χ0n) is 13.5. The second kappa shape index (κ2) is 8.29. The molecule has 0 aliphatic rings. The number of thioether (sulfide) groups is 1. The maximum atomic E-state index is 11.8. The monoisotopic (exact) mass is 350 g/mol. The lowest BCUT2D eigenvalue weighted by Gasteiger charge is -2.09. The molecule has 0 spiro atoms. The van der Waals surface area contributed by atoms with Gasteiger partial charge >= 0.3 is 6.03 Å². The van der Waals surface area contributed by atoms with Crippen molar-refractivity contribution in [2.75, 3.05) is 12.9 Å². The predicted octanol–water partition coefficient (Wildman–Crippen LogP) is 0.997. The van der Waals surface area contributed by atoms with Gasteiger partial charge in [-0.1, -0.05) is 11.8 Å². The molecule has 0 saturated heterocycles. The second-order valence-corrected chi connectivity index (χ2v) is 5.98. The van der Waals surface area contributed by atoms with Gasteiger partial charge in [-0.25, -0.2) is 4.79 Å². The zero-order chi connectivity index (χ0) is 17.5. The van der Waals surface area contributed by atoms with E-state index in [1.165, 1.54) is 4.68 Å². The Morgan fingerprint density at radius 3 is 2.62 bits per heavy atom. The number of benzene rings is 1. The number of carbonyl (C=O) groups excluding carboxylic acids is 2. The zero-order valence-corrected chi connectivity index (χ0v) is 14.3. The fraction of sp³-hybridized carbons (Fsp3) is 0.357. The van der Waals surface area contributed by atoms with E-state index in [9.17, 15) is 9.59 Å². The molecule has 128 valence electrons. The topological polar surface area (TPSA) is 111 Å². The molecule has 10 heteroatoms. The quantitative estimate of drug-likeness (QED) is 0.748. The van der Waals surface area contributed by atoms with Crippen molar-refractivity contribution in [2.45, 2.75) is 25.0 Å². The molecule has 0 aliphatic heterocycles. The van der Waals surface area contributed by atoms with Crippen LogP contribution in [0.2, 0.25) is 0 Å². The van der Waals surface area contributed by atoms with Gasteiger partial charge in [0, 0.05) is 6.04 Å². The highest BCUT2D eigenvalue weighted by Gasteiger charge is 2.13. The number of nitrogens with one attached hydrogen (secondary N) is 2. The number of methoxy groups -OCH3 is 1. The number of ether oxygens (including phenoxy) is 1. The van der Waals surface area contributed by atoms with E-state index in [0.717, 1.165) is 23.2 Å². The highest BCUT2D eigenvalue weighted by atomic mass is 32.2. The number of carbonyl (C=O) groups is 2. The van der Waals surface area contributed by atoms with Crippen LogP contribution in [-0.4, -0.2) is 51.1 Å². The average Bonchev–Trinajstić information content (AvgIpc) is 3.00. The Hall–Kier alpha value is -2.62. The van der Waals surface area contributed by atoms with Crippen LogP contribution in [0, 0.1) is 0 Å². The molecule has 3 amide bonds. The van der Waals surface area contributed by atoms with Crippen LogP contribution >= 0.6 is 11.8 Å². The van der Waals surface area contributed by atoms with E-state index in [-0.39, 0.29) is 11.8 Å². The van der Waals surface area contributed by atoms with Crippen LogP contribution in [0.1, 0.15) is 13.8 Å². The summed E-state index contributed by atoms with van der Waals surface area (Å²) in [6.45, 7) is 3.61. The van der Waals surface area contributed by atoms with Gasteiger partial charge in [0.25, 0.3) is 0 Å². The molecule has 0 fully saturated rings. The summed E-state index contributed by atoms with van der Waals surface area (Å²) < 4.78 is 6.61. The third-order valence-electron chi connectivity index (χ3n) is 2.76. The van der Waals surface area contributed by atoms with Crippen molar-refractivity contribution in [3.8, 4) is 11.4 Å². The molecule has 0 bridgehead atoms. The molecular formula is C14H18N6O3S. The van der Waals surface area contributed by atoms with Crippen molar-refractivity contribution in [3.05, 3.63) is 24.3 Å². The molecule has 2 N–H and O–H groups in total. The van der Waals surface area contributed by atoms with E-state index in [1.807, 2.05) is 13.8 Å². The van der Waals surface area contributed by atoms with Crippen molar-refractivity contribution in [1.29, 1.82) is 0 Å². The molecular weight excluding hydrogens is 332 g/mol. The predicted molar refractivity (Wildman–Crippen MR) is 88.2 cm³/mol. The number of rotatable bonds is 6. The number of hydrogen-bond donors (Lipinski definition) is 2. The first-order chi connectivity index (χ1) is 11.5. The van der Waals surface area contributed by atoms with E-state index in [0.29, 0.717) is 5.16 Å². The molecule has 0 saturated carbocycles. The van der Waals surface area contributed by atoms with Crippen LogP contribution in [-0.2, 0) is 4.79 Å². The molecule has 0 atom stereocenters. The van der Waals surface area contributed by atoms with E-state index in [2.05, 4.69) is 26.2 Å². The summed E-state index contributed by atoms with van der Waals surface area (Å²) in [5, 5.41) is 16.7. The number of hydrogen-bond acceptors (Lipinski definition) is 7. The maximum Gasteiger partial charge on any atom is 0.321 e. The molecule has 2 rings (SSSR count). The van der Waals surface area contributed by atoms with Gasteiger partial charge in [0.05, 0.1) is 18.6 Å². The third-order valence-corrected chi connectivity index (χ3v) is 3.68. The summed E-state index contributed by atoms with van der Waals surface area (Å²) in [7, 11) is 1.58. The average molecular weight is 350 g/mol. The first-order valence-electron chi connectivity index (χ1n) is 7.15. The lowest BCUT2D eigenvalue weighted by Crippen LogP contribution is -2.43. The number of imide groups is 1. The van der Waals surface area contributed by atoms with Crippen molar-refractivity contribution >= 4 is 23.7 Å². The van der Waals surface area contributed by atoms with Crippen molar-refractivity contribution in [1.82, 2.24) is 30.8 Å². The highest BCUT2D eigenvalue weighted by molar-refractivity contribution is 7.99. The van der Waals surface area contributed by atoms with Gasteiger partial charge in [0.1, 0.15) is 5.75 Å². The summed E-state index contributed by atoms with van der Waals surface area (Å²) in [5.41, 5.74) is 0.737. The number of urea groups is 1. The molecule has 0 radical (unpaired) electrons. The Balaban J connectivity index is 1.95. The molecule has 1 aromatic heterocycles. The summed E-state index contributed by atoms with van der Waals surface area (Å²) in [6, 6.07) is 6.60. The second-order valence-electron chi connectivity index (χ2n) is 5.04. The van der Waals surface area contributed by atoms with E-state index in [1.54, 1.807) is 31.4 Å². The normalized spacial score (nSPS) is 10.5. The van der Waals surface area contributed by atoms with Gasteiger partial charge in [0.2, 0.25) is 11.1 Å². The fourth-order valence-corrected chi connectivity index (χ4v) is 2.44. The van der Waals surface area contributed by atoms with Crippen LogP contribution < -0.4 is 15.4 Å². The van der Waals surface area contributed by atoms with E-state index in [4.69, 9.17) is 4.74 Å². The standard InChI is InChI=1S/C14H18N6O3S/c1-9(2)15-13(22)16-12(21)8-24-14-17-18-19-20(14)10-4-6-11(23-3)7-5-10/h4-7,9H,8H2,1-3H3,(H2,15,16,21,22). The third kappa shape index (κ3) is 4.95. The highest BCUT2D eigenvalue weighted by Crippen LogP contribution is 2.20. The van der Waals surface area contributed by atoms with Crippen molar-refractivity contribution in [3.63, 3.8) is 0 Å². The maximum absolute atomic E-state index is 11.8. The molecule has 9 nitrogen and oxygen atoms in total. The fourth-order valence-electron chi connectivity index (χ4n) is 1.75. The van der Waals surface area contributed by atoms with Gasteiger partial charge in [-0.15, -0.1) is 5.10 Å². The van der Waals surface area contributed by atoms with Crippen LogP contribution in [0.4, 0.5) is 4.79 Å². The lowest BCUT2D eigenvalue weighted by atomic mass is 10.3. The first-order valence-corrected chi connectivity index (χ1v) is 8.14. The number of tetrazole rings is 1. The lowest BCUT2D eigenvalue weighted by molar-refractivity contribution is -0.117. The van der Waals surface area contributed by atoms with Crippen molar-refractivity contribution < 1.29 is 14.3 Å². The molecule has 0 aliphatic carbocycles. The van der Waals surface area contributed by atoms with Crippen molar-refractivity contribution in [2.24, 2.45) is 0 Å². The summed E-state index contributed by atoms with van der Waals surface area (Å²) >= 11 is 1.13. The van der Waals surface area contributed by atoms with Gasteiger partial charge in [0.15, 0.2) is 0 Å².